The van der Waals surface area contributed by atoms with Gasteiger partial charge in [-0.15, -0.1) is 0 Å². The number of anilines is 2. The zero-order valence-corrected chi connectivity index (χ0v) is 9.00. The van der Waals surface area contributed by atoms with Gasteiger partial charge in [0.25, 0.3) is 0 Å². The van der Waals surface area contributed by atoms with Crippen molar-refractivity contribution in [1.82, 2.24) is 9.97 Å². The van der Waals surface area contributed by atoms with E-state index in [1.807, 2.05) is 0 Å². The second-order valence-corrected chi connectivity index (χ2v) is 3.69. The lowest BCUT2D eigenvalue weighted by atomic mass is 10.4. The molecule has 0 saturated carbocycles. The monoisotopic (exact) mass is 234 g/mol. The number of hydrogen-bond acceptors (Lipinski definition) is 4. The summed E-state index contributed by atoms with van der Waals surface area (Å²) in [5, 5.41) is 0. The fourth-order valence-corrected chi connectivity index (χ4v) is 1.74. The van der Waals surface area contributed by atoms with Crippen LogP contribution in [0.5, 0.6) is 0 Å². The molecule has 0 aromatic carbocycles. The Kier molecular flexibility index (Phi) is 3.23. The molecular weight excluding hydrogens is 226 g/mol. The number of aromatic nitrogens is 2. The quantitative estimate of drug-likeness (QED) is 0.753. The molecule has 0 aliphatic rings. The third kappa shape index (κ3) is 2.23. The molecule has 0 spiro atoms. The summed E-state index contributed by atoms with van der Waals surface area (Å²) >= 11 is -2.45. The molecular formula is C10H8N3O2S-. The Bertz CT molecular complexity index is 438. The summed E-state index contributed by atoms with van der Waals surface area (Å²) in [5.74, 6) is 0.629. The van der Waals surface area contributed by atoms with E-state index in [-0.39, 0.29) is 0 Å². The summed E-state index contributed by atoms with van der Waals surface area (Å²) in [4.78, 5) is 7.94. The minimum Gasteiger partial charge on any atom is -0.755 e. The third-order valence-electron chi connectivity index (χ3n) is 1.86. The molecule has 0 fully saturated rings. The highest BCUT2D eigenvalue weighted by atomic mass is 32.2. The SMILES string of the molecule is O=S([O-])N(c1ccccn1)c1ccccn1. The normalized spacial score (nSPS) is 12.1. The summed E-state index contributed by atoms with van der Waals surface area (Å²) < 4.78 is 23.3. The van der Waals surface area contributed by atoms with E-state index >= 15 is 0 Å². The lowest BCUT2D eigenvalue weighted by molar-refractivity contribution is 0.536. The Morgan fingerprint density at radius 2 is 1.50 bits per heavy atom. The molecule has 5 nitrogen and oxygen atoms in total. The topological polar surface area (TPSA) is 69.2 Å². The minimum absolute atomic E-state index is 0.314. The Hall–Kier alpha value is -1.79. The lowest BCUT2D eigenvalue weighted by Crippen LogP contribution is -2.21. The molecule has 16 heavy (non-hydrogen) atoms. The van der Waals surface area contributed by atoms with Crippen molar-refractivity contribution in [1.29, 1.82) is 0 Å². The maximum atomic E-state index is 11.1. The van der Waals surface area contributed by atoms with Crippen molar-refractivity contribution in [3.8, 4) is 0 Å². The fourth-order valence-electron chi connectivity index (χ4n) is 1.22. The first-order valence-corrected chi connectivity index (χ1v) is 5.54. The molecule has 2 heterocycles. The van der Waals surface area contributed by atoms with Crippen LogP contribution >= 0.6 is 0 Å². The Morgan fingerprint density at radius 3 is 1.81 bits per heavy atom. The maximum Gasteiger partial charge on any atom is 0.145 e. The van der Waals surface area contributed by atoms with Crippen molar-refractivity contribution in [2.75, 3.05) is 4.31 Å². The van der Waals surface area contributed by atoms with Gasteiger partial charge in [-0.2, -0.15) is 0 Å². The molecule has 0 N–H and O–H groups in total. The van der Waals surface area contributed by atoms with E-state index in [1.54, 1.807) is 36.4 Å². The zero-order chi connectivity index (χ0) is 11.4. The van der Waals surface area contributed by atoms with E-state index in [0.29, 0.717) is 11.6 Å². The van der Waals surface area contributed by atoms with Gasteiger partial charge in [-0.05, 0) is 24.3 Å². The highest BCUT2D eigenvalue weighted by Crippen LogP contribution is 2.21. The molecule has 6 heteroatoms. The maximum absolute atomic E-state index is 11.1. The van der Waals surface area contributed by atoms with E-state index in [2.05, 4.69) is 9.97 Å². The van der Waals surface area contributed by atoms with Gasteiger partial charge in [-0.1, -0.05) is 12.1 Å². The van der Waals surface area contributed by atoms with Crippen LogP contribution in [0.2, 0.25) is 0 Å². The largest absolute Gasteiger partial charge is 0.755 e. The Morgan fingerprint density at radius 1 is 1.00 bits per heavy atom. The molecule has 0 aliphatic carbocycles. The van der Waals surface area contributed by atoms with Gasteiger partial charge in [-0.25, -0.2) is 14.3 Å². The van der Waals surface area contributed by atoms with Crippen LogP contribution in [0.4, 0.5) is 11.6 Å². The van der Waals surface area contributed by atoms with E-state index < -0.39 is 11.3 Å². The smallest absolute Gasteiger partial charge is 0.145 e. The van der Waals surface area contributed by atoms with Gasteiger partial charge in [0.15, 0.2) is 0 Å². The number of pyridine rings is 2. The lowest BCUT2D eigenvalue weighted by Gasteiger charge is -2.23. The van der Waals surface area contributed by atoms with Crippen molar-refractivity contribution < 1.29 is 8.76 Å². The van der Waals surface area contributed by atoms with Crippen LogP contribution in [-0.4, -0.2) is 18.7 Å². The average molecular weight is 234 g/mol. The summed E-state index contributed by atoms with van der Waals surface area (Å²) in [6, 6.07) is 10.1. The van der Waals surface area contributed by atoms with Gasteiger partial charge in [0.1, 0.15) is 11.6 Å². The number of hydrogen-bond donors (Lipinski definition) is 0. The molecule has 0 bridgehead atoms. The Balaban J connectivity index is 2.44. The standard InChI is InChI=1S/C10H9N3O2S/c14-16(15)13(9-5-1-3-7-11-9)10-6-2-4-8-12-10/h1-8H,(H,14,15)/p-1. The van der Waals surface area contributed by atoms with E-state index in [9.17, 15) is 8.76 Å². The number of rotatable bonds is 3. The van der Waals surface area contributed by atoms with Gasteiger partial charge >= 0.3 is 0 Å². The molecule has 1 unspecified atom stereocenters. The van der Waals surface area contributed by atoms with Gasteiger partial charge in [-0.3, -0.25) is 4.21 Å². The van der Waals surface area contributed by atoms with E-state index in [0.717, 1.165) is 4.31 Å². The van der Waals surface area contributed by atoms with E-state index in [1.165, 1.54) is 12.4 Å². The van der Waals surface area contributed by atoms with Crippen molar-refractivity contribution in [3.05, 3.63) is 48.8 Å². The molecule has 0 aliphatic heterocycles. The summed E-state index contributed by atoms with van der Waals surface area (Å²) in [7, 11) is 0. The van der Waals surface area contributed by atoms with Crippen LogP contribution in [0.1, 0.15) is 0 Å². The zero-order valence-electron chi connectivity index (χ0n) is 8.19. The molecule has 2 rings (SSSR count). The van der Waals surface area contributed by atoms with Crippen LogP contribution in [0.3, 0.4) is 0 Å². The minimum atomic E-state index is -2.45. The van der Waals surface area contributed by atoms with Crippen LogP contribution < -0.4 is 4.31 Å². The van der Waals surface area contributed by atoms with Crippen LogP contribution in [0, 0.1) is 0 Å². The first-order valence-electron chi connectivity index (χ1n) is 4.50. The van der Waals surface area contributed by atoms with Gasteiger partial charge in [0.05, 0.1) is 11.3 Å². The molecule has 0 radical (unpaired) electrons. The summed E-state index contributed by atoms with van der Waals surface area (Å²) in [6.45, 7) is 0. The predicted octanol–water partition coefficient (Wildman–Crippen LogP) is 1.41. The first-order chi connectivity index (χ1) is 7.79. The molecule has 0 saturated heterocycles. The highest BCUT2D eigenvalue weighted by Gasteiger charge is 2.11. The fraction of sp³-hybridized carbons (Fsp3) is 0. The predicted molar refractivity (Wildman–Crippen MR) is 59.5 cm³/mol. The summed E-state index contributed by atoms with van der Waals surface area (Å²) in [5.41, 5.74) is 0. The van der Waals surface area contributed by atoms with E-state index in [4.69, 9.17) is 0 Å². The van der Waals surface area contributed by atoms with Crippen LogP contribution in [0.15, 0.2) is 48.8 Å². The molecule has 1 atom stereocenters. The summed E-state index contributed by atoms with van der Waals surface area (Å²) in [6.07, 6.45) is 3.05. The second-order valence-electron chi connectivity index (χ2n) is 2.89. The van der Waals surface area contributed by atoms with Gasteiger partial charge in [0, 0.05) is 12.4 Å². The van der Waals surface area contributed by atoms with Crippen molar-refractivity contribution in [2.45, 2.75) is 0 Å². The second kappa shape index (κ2) is 4.82. The third-order valence-corrected chi connectivity index (χ3v) is 2.54. The molecule has 2 aromatic heterocycles. The van der Waals surface area contributed by atoms with Crippen LogP contribution in [-0.2, 0) is 11.3 Å². The van der Waals surface area contributed by atoms with Crippen molar-refractivity contribution in [2.24, 2.45) is 0 Å². The van der Waals surface area contributed by atoms with Crippen molar-refractivity contribution in [3.63, 3.8) is 0 Å². The first kappa shape index (κ1) is 10.7. The van der Waals surface area contributed by atoms with Crippen LogP contribution in [0.25, 0.3) is 0 Å². The average Bonchev–Trinajstić information content (AvgIpc) is 2.31. The molecule has 2 aromatic rings. The van der Waals surface area contributed by atoms with Crippen molar-refractivity contribution >= 4 is 22.9 Å². The number of nitrogens with zero attached hydrogens (tertiary/aromatic N) is 3. The molecule has 82 valence electrons. The molecule has 0 amide bonds. The highest BCUT2D eigenvalue weighted by molar-refractivity contribution is 7.81. The van der Waals surface area contributed by atoms with Gasteiger partial charge in [0.2, 0.25) is 0 Å². The van der Waals surface area contributed by atoms with Gasteiger partial charge < -0.3 is 4.55 Å². The Labute approximate surface area is 95.2 Å².